The van der Waals surface area contributed by atoms with E-state index in [2.05, 4.69) is 10.9 Å². The number of nitro groups is 1. The molecule has 1 aromatic rings. The van der Waals surface area contributed by atoms with Crippen molar-refractivity contribution in [1.29, 1.82) is 0 Å². The number of rotatable bonds is 3. The number of non-ortho nitro benzene ring substituents is 1. The number of nitrogens with one attached hydrogen (secondary N) is 2. The van der Waals surface area contributed by atoms with Gasteiger partial charge in [-0.2, -0.15) is 0 Å². The molecular weight excluding hydrogens is 246 g/mol. The molecule has 100 valence electrons. The Balaban J connectivity index is 2.02. The van der Waals surface area contributed by atoms with Crippen molar-refractivity contribution in [3.05, 3.63) is 46.0 Å². The third-order valence-electron chi connectivity index (χ3n) is 3.10. The normalized spacial score (nSPS) is 23.3. The summed E-state index contributed by atoms with van der Waals surface area (Å²) in [5, 5.41) is 10.5. The number of benzene rings is 1. The van der Waals surface area contributed by atoms with Gasteiger partial charge < -0.3 is 0 Å². The summed E-state index contributed by atoms with van der Waals surface area (Å²) in [5.74, 6) is 0.204. The van der Waals surface area contributed by atoms with Gasteiger partial charge in [0.15, 0.2) is 0 Å². The van der Waals surface area contributed by atoms with Gasteiger partial charge in [0.2, 0.25) is 5.91 Å². The minimum Gasteiger partial charge on any atom is -0.291 e. The highest BCUT2D eigenvalue weighted by Gasteiger charge is 2.22. The molecule has 0 aromatic heterocycles. The number of amides is 1. The lowest BCUT2D eigenvalue weighted by atomic mass is 9.96. The fraction of sp³-hybridized carbons (Fsp3) is 0.308. The molecule has 1 fully saturated rings. The number of carbonyl (C=O) groups excluding carboxylic acids is 1. The Morgan fingerprint density at radius 3 is 2.63 bits per heavy atom. The quantitative estimate of drug-likeness (QED) is 0.640. The molecule has 0 spiro atoms. The molecule has 0 aliphatic carbocycles. The average molecular weight is 261 g/mol. The second-order valence-electron chi connectivity index (χ2n) is 4.61. The van der Waals surface area contributed by atoms with Crippen molar-refractivity contribution in [2.24, 2.45) is 5.92 Å². The lowest BCUT2D eigenvalue weighted by molar-refractivity contribution is -0.384. The van der Waals surface area contributed by atoms with Crippen LogP contribution >= 0.6 is 0 Å². The highest BCUT2D eigenvalue weighted by atomic mass is 16.6. The van der Waals surface area contributed by atoms with Gasteiger partial charge in [-0.3, -0.25) is 20.3 Å². The molecule has 6 nitrogen and oxygen atoms in total. The van der Waals surface area contributed by atoms with Crippen LogP contribution in [0.1, 0.15) is 18.9 Å². The number of nitrogens with zero attached hydrogens (tertiary/aromatic N) is 1. The van der Waals surface area contributed by atoms with E-state index in [4.69, 9.17) is 0 Å². The first-order chi connectivity index (χ1) is 9.06. The van der Waals surface area contributed by atoms with Gasteiger partial charge in [0, 0.05) is 24.6 Å². The summed E-state index contributed by atoms with van der Waals surface area (Å²) >= 11 is 0. The molecule has 2 N–H and O–H groups in total. The predicted octanol–water partition coefficient (Wildman–Crippen LogP) is 1.64. The van der Waals surface area contributed by atoms with Crippen molar-refractivity contribution in [2.45, 2.75) is 19.4 Å². The van der Waals surface area contributed by atoms with Crippen molar-refractivity contribution < 1.29 is 9.72 Å². The molecule has 2 rings (SSSR count). The highest BCUT2D eigenvalue weighted by molar-refractivity contribution is 5.76. The number of hydrogen-bond donors (Lipinski definition) is 2. The summed E-state index contributed by atoms with van der Waals surface area (Å²) in [6.45, 7) is 2.00. The first kappa shape index (κ1) is 13.2. The molecule has 1 aliphatic heterocycles. The van der Waals surface area contributed by atoms with E-state index in [9.17, 15) is 14.9 Å². The first-order valence-electron chi connectivity index (χ1n) is 6.03. The monoisotopic (exact) mass is 261 g/mol. The van der Waals surface area contributed by atoms with E-state index in [1.807, 2.05) is 19.1 Å². The van der Waals surface area contributed by atoms with Gasteiger partial charge in [0.1, 0.15) is 0 Å². The smallest absolute Gasteiger partial charge is 0.269 e. The molecular formula is C13H15N3O3. The zero-order valence-electron chi connectivity index (χ0n) is 10.5. The summed E-state index contributed by atoms with van der Waals surface area (Å²) in [6.07, 6.45) is 4.32. The largest absolute Gasteiger partial charge is 0.291 e. The molecule has 2 atom stereocenters. The van der Waals surface area contributed by atoms with Crippen molar-refractivity contribution >= 4 is 17.7 Å². The molecule has 2 unspecified atom stereocenters. The molecule has 19 heavy (non-hydrogen) atoms. The third kappa shape index (κ3) is 3.38. The van der Waals surface area contributed by atoms with Crippen LogP contribution < -0.4 is 10.9 Å². The fourth-order valence-electron chi connectivity index (χ4n) is 1.94. The SMILES string of the molecule is CC1CC(=O)NNC1/C=C/c1ccc([N+](=O)[O-])cc1. The molecule has 0 radical (unpaired) electrons. The molecule has 6 heteroatoms. The molecule has 1 saturated heterocycles. The summed E-state index contributed by atoms with van der Waals surface area (Å²) < 4.78 is 0. The van der Waals surface area contributed by atoms with Gasteiger partial charge in [-0.1, -0.05) is 19.1 Å². The van der Waals surface area contributed by atoms with Crippen molar-refractivity contribution in [1.82, 2.24) is 10.9 Å². The molecule has 1 aromatic carbocycles. The van der Waals surface area contributed by atoms with Gasteiger partial charge in [-0.15, -0.1) is 0 Å². The molecule has 1 heterocycles. The second kappa shape index (κ2) is 5.62. The van der Waals surface area contributed by atoms with E-state index in [1.54, 1.807) is 12.1 Å². The topological polar surface area (TPSA) is 84.3 Å². The summed E-state index contributed by atoms with van der Waals surface area (Å²) in [5.41, 5.74) is 6.48. The Morgan fingerprint density at radius 1 is 1.37 bits per heavy atom. The van der Waals surface area contributed by atoms with Crippen LogP contribution in [0.25, 0.3) is 6.08 Å². The molecule has 0 bridgehead atoms. The lowest BCUT2D eigenvalue weighted by Gasteiger charge is -2.27. The van der Waals surface area contributed by atoms with Crippen molar-refractivity contribution in [3.63, 3.8) is 0 Å². The Bertz CT molecular complexity index is 510. The predicted molar refractivity (Wildman–Crippen MR) is 71.0 cm³/mol. The Morgan fingerprint density at radius 2 is 2.05 bits per heavy atom. The van der Waals surface area contributed by atoms with Crippen LogP contribution in [0.15, 0.2) is 30.3 Å². The maximum atomic E-state index is 11.1. The van der Waals surface area contributed by atoms with E-state index in [-0.39, 0.29) is 23.6 Å². The van der Waals surface area contributed by atoms with Crippen LogP contribution in [0.5, 0.6) is 0 Å². The summed E-state index contributed by atoms with van der Waals surface area (Å²) in [4.78, 5) is 21.2. The van der Waals surface area contributed by atoms with Crippen LogP contribution in [0.3, 0.4) is 0 Å². The van der Waals surface area contributed by atoms with E-state index in [0.717, 1.165) is 5.56 Å². The van der Waals surface area contributed by atoms with Crippen LogP contribution in [0.4, 0.5) is 5.69 Å². The lowest BCUT2D eigenvalue weighted by Crippen LogP contribution is -2.52. The van der Waals surface area contributed by atoms with Crippen LogP contribution in [0, 0.1) is 16.0 Å². The number of nitro benzene ring substituents is 1. The van der Waals surface area contributed by atoms with Gasteiger partial charge in [-0.25, -0.2) is 5.43 Å². The second-order valence-corrected chi connectivity index (χ2v) is 4.61. The number of carbonyl (C=O) groups is 1. The molecule has 1 aliphatic rings. The van der Waals surface area contributed by atoms with Crippen LogP contribution in [-0.2, 0) is 4.79 Å². The first-order valence-corrected chi connectivity index (χ1v) is 6.03. The van der Waals surface area contributed by atoms with E-state index in [0.29, 0.717) is 6.42 Å². The maximum absolute atomic E-state index is 11.1. The van der Waals surface area contributed by atoms with Crippen LogP contribution in [0.2, 0.25) is 0 Å². The Hall–Kier alpha value is -2.21. The Labute approximate surface area is 110 Å². The minimum atomic E-state index is -0.423. The van der Waals surface area contributed by atoms with Gasteiger partial charge in [0.25, 0.3) is 5.69 Å². The molecule has 1 amide bonds. The third-order valence-corrected chi connectivity index (χ3v) is 3.10. The maximum Gasteiger partial charge on any atom is 0.269 e. The van der Waals surface area contributed by atoms with Crippen LogP contribution in [-0.4, -0.2) is 16.9 Å². The molecule has 0 saturated carbocycles. The zero-order valence-corrected chi connectivity index (χ0v) is 10.5. The fourth-order valence-corrected chi connectivity index (χ4v) is 1.94. The van der Waals surface area contributed by atoms with Gasteiger partial charge in [0.05, 0.1) is 4.92 Å². The highest BCUT2D eigenvalue weighted by Crippen LogP contribution is 2.16. The number of hydrogen-bond acceptors (Lipinski definition) is 4. The van der Waals surface area contributed by atoms with Gasteiger partial charge >= 0.3 is 0 Å². The Kier molecular flexibility index (Phi) is 3.91. The summed E-state index contributed by atoms with van der Waals surface area (Å²) in [6, 6.07) is 6.40. The summed E-state index contributed by atoms with van der Waals surface area (Å²) in [7, 11) is 0. The van der Waals surface area contributed by atoms with Gasteiger partial charge in [-0.05, 0) is 23.6 Å². The van der Waals surface area contributed by atoms with Crippen molar-refractivity contribution in [3.8, 4) is 0 Å². The van der Waals surface area contributed by atoms with E-state index >= 15 is 0 Å². The van der Waals surface area contributed by atoms with Crippen molar-refractivity contribution in [2.75, 3.05) is 0 Å². The minimum absolute atomic E-state index is 0.00696. The average Bonchev–Trinajstić information content (AvgIpc) is 2.38. The zero-order chi connectivity index (χ0) is 13.8. The van der Waals surface area contributed by atoms with E-state index < -0.39 is 4.92 Å². The number of hydrazine groups is 1. The van der Waals surface area contributed by atoms with E-state index in [1.165, 1.54) is 12.1 Å². The standard InChI is InChI=1S/C13H15N3O3/c1-9-8-13(17)15-14-12(9)7-4-10-2-5-11(6-3-10)16(18)19/h2-7,9,12,14H,8H2,1H3,(H,15,17)/b7-4+.